The number of hydrogen-bond donors (Lipinski definition) is 0. The molecule has 1 aromatic rings. The lowest BCUT2D eigenvalue weighted by Crippen LogP contribution is -2.05. The predicted octanol–water partition coefficient (Wildman–Crippen LogP) is 2.92. The second-order valence-electron chi connectivity index (χ2n) is 3.71. The number of aromatic nitrogens is 2. The molecule has 1 heterocycles. The van der Waals surface area contributed by atoms with Crippen molar-refractivity contribution in [3.63, 3.8) is 0 Å². The predicted molar refractivity (Wildman–Crippen MR) is 65.7 cm³/mol. The number of hydrogen-bond acceptors (Lipinski definition) is 2. The SMILES string of the molecule is CCCC(Br)CCc1c(OC)cnn1C. The van der Waals surface area contributed by atoms with Gasteiger partial charge < -0.3 is 4.74 Å². The Kier molecular flexibility index (Phi) is 5.15. The van der Waals surface area contributed by atoms with Crippen LogP contribution in [0.1, 0.15) is 31.9 Å². The van der Waals surface area contributed by atoms with Crippen LogP contribution in [0, 0.1) is 0 Å². The molecular formula is C11H19BrN2O. The fourth-order valence-corrected chi connectivity index (χ4v) is 2.34. The Morgan fingerprint density at radius 2 is 2.27 bits per heavy atom. The molecule has 0 fully saturated rings. The molecule has 0 saturated heterocycles. The number of rotatable bonds is 6. The Morgan fingerprint density at radius 3 is 2.87 bits per heavy atom. The van der Waals surface area contributed by atoms with Gasteiger partial charge in [0.1, 0.15) is 0 Å². The molecule has 0 N–H and O–H groups in total. The number of halogens is 1. The summed E-state index contributed by atoms with van der Waals surface area (Å²) in [6, 6.07) is 0. The molecule has 0 aliphatic rings. The summed E-state index contributed by atoms with van der Waals surface area (Å²) in [7, 11) is 3.65. The zero-order valence-electron chi connectivity index (χ0n) is 9.66. The van der Waals surface area contributed by atoms with Gasteiger partial charge in [-0.1, -0.05) is 29.3 Å². The Morgan fingerprint density at radius 1 is 1.53 bits per heavy atom. The lowest BCUT2D eigenvalue weighted by Gasteiger charge is -2.09. The van der Waals surface area contributed by atoms with Gasteiger partial charge >= 0.3 is 0 Å². The molecule has 0 aliphatic heterocycles. The third-order valence-corrected chi connectivity index (χ3v) is 3.46. The second kappa shape index (κ2) is 6.16. The highest BCUT2D eigenvalue weighted by Crippen LogP contribution is 2.21. The Bertz CT molecular complexity index is 299. The van der Waals surface area contributed by atoms with Crippen LogP contribution in [-0.4, -0.2) is 21.7 Å². The molecule has 1 unspecified atom stereocenters. The summed E-state index contributed by atoms with van der Waals surface area (Å²) in [5, 5.41) is 4.19. The summed E-state index contributed by atoms with van der Waals surface area (Å²) < 4.78 is 7.15. The molecule has 1 atom stereocenters. The maximum Gasteiger partial charge on any atom is 0.159 e. The van der Waals surface area contributed by atoms with Crippen molar-refractivity contribution in [2.75, 3.05) is 7.11 Å². The number of ether oxygens (including phenoxy) is 1. The van der Waals surface area contributed by atoms with E-state index >= 15 is 0 Å². The van der Waals surface area contributed by atoms with Gasteiger partial charge in [0.2, 0.25) is 0 Å². The van der Waals surface area contributed by atoms with Crippen LogP contribution < -0.4 is 4.74 Å². The summed E-state index contributed by atoms with van der Waals surface area (Å²) in [6.45, 7) is 2.21. The van der Waals surface area contributed by atoms with Gasteiger partial charge in [-0.25, -0.2) is 0 Å². The standard InChI is InChI=1S/C11H19BrN2O/c1-4-5-9(12)6-7-10-11(15-3)8-13-14(10)2/h8-9H,4-7H2,1-3H3. The third kappa shape index (κ3) is 3.52. The maximum atomic E-state index is 5.26. The molecule has 86 valence electrons. The molecule has 4 heteroatoms. The Hall–Kier alpha value is -0.510. The molecule has 0 aliphatic carbocycles. The fourth-order valence-electron chi connectivity index (χ4n) is 1.65. The first-order valence-electron chi connectivity index (χ1n) is 5.38. The van der Waals surface area contributed by atoms with Crippen LogP contribution in [0.5, 0.6) is 5.75 Å². The van der Waals surface area contributed by atoms with Gasteiger partial charge in [0.15, 0.2) is 5.75 Å². The van der Waals surface area contributed by atoms with Crippen LogP contribution in [0.2, 0.25) is 0 Å². The van der Waals surface area contributed by atoms with E-state index in [-0.39, 0.29) is 0 Å². The van der Waals surface area contributed by atoms with E-state index in [1.807, 2.05) is 11.7 Å². The minimum absolute atomic E-state index is 0.599. The van der Waals surface area contributed by atoms with Crippen LogP contribution in [-0.2, 0) is 13.5 Å². The Balaban J connectivity index is 2.52. The number of methoxy groups -OCH3 is 1. The van der Waals surface area contributed by atoms with Gasteiger partial charge in [0, 0.05) is 11.9 Å². The van der Waals surface area contributed by atoms with Crippen molar-refractivity contribution in [1.82, 2.24) is 9.78 Å². The second-order valence-corrected chi connectivity index (χ2v) is 5.00. The van der Waals surface area contributed by atoms with Gasteiger partial charge in [-0.05, 0) is 19.3 Å². The average molecular weight is 275 g/mol. The molecule has 0 saturated carbocycles. The molecule has 3 nitrogen and oxygen atoms in total. The van der Waals surface area contributed by atoms with Gasteiger partial charge in [0.05, 0.1) is 19.0 Å². The van der Waals surface area contributed by atoms with Crippen molar-refractivity contribution < 1.29 is 4.74 Å². The summed E-state index contributed by atoms with van der Waals surface area (Å²) in [4.78, 5) is 0.599. The minimum Gasteiger partial charge on any atom is -0.493 e. The first kappa shape index (κ1) is 12.6. The van der Waals surface area contributed by atoms with Crippen molar-refractivity contribution in [2.24, 2.45) is 7.05 Å². The van der Waals surface area contributed by atoms with Crippen molar-refractivity contribution in [3.05, 3.63) is 11.9 Å². The molecule has 0 aromatic carbocycles. The number of nitrogens with zero attached hydrogens (tertiary/aromatic N) is 2. The van der Waals surface area contributed by atoms with Crippen LogP contribution in [0.25, 0.3) is 0 Å². The lowest BCUT2D eigenvalue weighted by molar-refractivity contribution is 0.407. The zero-order valence-corrected chi connectivity index (χ0v) is 11.2. The normalized spacial score (nSPS) is 12.8. The summed E-state index contributed by atoms with van der Waals surface area (Å²) >= 11 is 3.68. The third-order valence-electron chi connectivity index (χ3n) is 2.54. The summed E-state index contributed by atoms with van der Waals surface area (Å²) in [6.07, 6.45) is 6.36. The molecule has 0 spiro atoms. The van der Waals surface area contributed by atoms with Gasteiger partial charge in [0.25, 0.3) is 0 Å². The van der Waals surface area contributed by atoms with E-state index in [2.05, 4.69) is 28.0 Å². The van der Waals surface area contributed by atoms with Crippen LogP contribution >= 0.6 is 15.9 Å². The largest absolute Gasteiger partial charge is 0.493 e. The molecule has 1 aromatic heterocycles. The summed E-state index contributed by atoms with van der Waals surface area (Å²) in [5.41, 5.74) is 1.18. The van der Waals surface area contributed by atoms with Gasteiger partial charge in [-0.2, -0.15) is 5.10 Å². The van der Waals surface area contributed by atoms with E-state index < -0.39 is 0 Å². The quantitative estimate of drug-likeness (QED) is 0.746. The molecular weight excluding hydrogens is 256 g/mol. The highest BCUT2D eigenvalue weighted by Gasteiger charge is 2.11. The molecule has 1 rings (SSSR count). The smallest absolute Gasteiger partial charge is 0.159 e. The van der Waals surface area contributed by atoms with Crippen LogP contribution in [0.15, 0.2) is 6.20 Å². The topological polar surface area (TPSA) is 27.1 Å². The van der Waals surface area contributed by atoms with Crippen molar-refractivity contribution in [3.8, 4) is 5.75 Å². The monoisotopic (exact) mass is 274 g/mol. The highest BCUT2D eigenvalue weighted by atomic mass is 79.9. The van der Waals surface area contributed by atoms with E-state index in [4.69, 9.17) is 4.74 Å². The molecule has 15 heavy (non-hydrogen) atoms. The van der Waals surface area contributed by atoms with Gasteiger partial charge in [-0.15, -0.1) is 0 Å². The molecule has 0 radical (unpaired) electrons. The lowest BCUT2D eigenvalue weighted by atomic mass is 10.1. The van der Waals surface area contributed by atoms with E-state index in [9.17, 15) is 0 Å². The maximum absolute atomic E-state index is 5.26. The number of alkyl halides is 1. The van der Waals surface area contributed by atoms with E-state index in [1.165, 1.54) is 18.5 Å². The average Bonchev–Trinajstić information content (AvgIpc) is 2.57. The van der Waals surface area contributed by atoms with Crippen molar-refractivity contribution in [1.29, 1.82) is 0 Å². The number of aryl methyl sites for hydroxylation is 1. The zero-order chi connectivity index (χ0) is 11.3. The van der Waals surface area contributed by atoms with E-state index in [1.54, 1.807) is 13.3 Å². The molecule has 0 amide bonds. The first-order chi connectivity index (χ1) is 7.19. The van der Waals surface area contributed by atoms with Crippen LogP contribution in [0.3, 0.4) is 0 Å². The van der Waals surface area contributed by atoms with E-state index in [0.29, 0.717) is 4.83 Å². The van der Waals surface area contributed by atoms with Crippen molar-refractivity contribution >= 4 is 15.9 Å². The first-order valence-corrected chi connectivity index (χ1v) is 6.29. The Labute approximate surface area is 99.9 Å². The highest BCUT2D eigenvalue weighted by molar-refractivity contribution is 9.09. The summed E-state index contributed by atoms with van der Waals surface area (Å²) in [5.74, 6) is 0.897. The fraction of sp³-hybridized carbons (Fsp3) is 0.727. The van der Waals surface area contributed by atoms with Crippen molar-refractivity contribution in [2.45, 2.75) is 37.4 Å². The van der Waals surface area contributed by atoms with Crippen LogP contribution in [0.4, 0.5) is 0 Å². The molecule has 0 bridgehead atoms. The minimum atomic E-state index is 0.599. The van der Waals surface area contributed by atoms with E-state index in [0.717, 1.165) is 18.6 Å². The van der Waals surface area contributed by atoms with Gasteiger partial charge in [-0.3, -0.25) is 4.68 Å².